The molecule has 1 saturated carbocycles. The molecule has 0 aromatic carbocycles. The molecule has 1 fully saturated rings. The molecule has 0 unspecified atom stereocenters. The molecule has 0 aromatic rings. The fourth-order valence-electron chi connectivity index (χ4n) is 1.51. The summed E-state index contributed by atoms with van der Waals surface area (Å²) in [6.07, 6.45) is 1.74. The summed E-state index contributed by atoms with van der Waals surface area (Å²) in [5.74, 6) is -3.08. The predicted octanol–water partition coefficient (Wildman–Crippen LogP) is 0.117. The number of hydrogen-bond acceptors (Lipinski definition) is 3. The highest BCUT2D eigenvalue weighted by Gasteiger charge is 2.31. The largest absolute Gasteiger partial charge is 0.392 e. The Morgan fingerprint density at radius 2 is 2.08 bits per heavy atom. The van der Waals surface area contributed by atoms with Crippen molar-refractivity contribution in [1.82, 2.24) is 5.32 Å². The first-order valence-corrected chi connectivity index (χ1v) is 4.45. The molecule has 1 aliphatic carbocycles. The van der Waals surface area contributed by atoms with Crippen molar-refractivity contribution in [3.63, 3.8) is 0 Å². The van der Waals surface area contributed by atoms with Gasteiger partial charge in [-0.1, -0.05) is 0 Å². The zero-order valence-corrected chi connectivity index (χ0v) is 7.34. The van der Waals surface area contributed by atoms with Crippen LogP contribution >= 0.6 is 0 Å². The lowest BCUT2D eigenvalue weighted by Gasteiger charge is -2.20. The van der Waals surface area contributed by atoms with Gasteiger partial charge in [-0.3, -0.25) is 0 Å². The molecule has 0 saturated heterocycles. The van der Waals surface area contributed by atoms with Gasteiger partial charge in [0, 0.05) is 6.04 Å². The van der Waals surface area contributed by atoms with Crippen molar-refractivity contribution in [2.24, 2.45) is 0 Å². The number of aliphatic hydroxyl groups is 2. The van der Waals surface area contributed by atoms with E-state index in [1.54, 1.807) is 0 Å². The zero-order chi connectivity index (χ0) is 9.90. The van der Waals surface area contributed by atoms with Crippen molar-refractivity contribution in [3.8, 4) is 0 Å². The minimum absolute atomic E-state index is 0.238. The molecule has 78 valence electrons. The van der Waals surface area contributed by atoms with Crippen LogP contribution in [0.2, 0.25) is 0 Å². The van der Waals surface area contributed by atoms with Gasteiger partial charge >= 0.3 is 0 Å². The van der Waals surface area contributed by atoms with E-state index in [0.29, 0.717) is 6.42 Å². The van der Waals surface area contributed by atoms with Crippen molar-refractivity contribution >= 4 is 0 Å². The molecule has 0 amide bonds. The lowest BCUT2D eigenvalue weighted by atomic mass is 10.2. The summed E-state index contributed by atoms with van der Waals surface area (Å²) in [6.45, 7) is -1.71. The normalized spacial score (nSPS) is 29.5. The second-order valence-electron chi connectivity index (χ2n) is 3.50. The van der Waals surface area contributed by atoms with E-state index >= 15 is 0 Å². The molecule has 0 aliphatic heterocycles. The van der Waals surface area contributed by atoms with Crippen LogP contribution in [0.15, 0.2) is 0 Å². The zero-order valence-electron chi connectivity index (χ0n) is 7.34. The number of aliphatic hydroxyl groups excluding tert-OH is 2. The molecule has 3 N–H and O–H groups in total. The molecule has 0 heterocycles. The van der Waals surface area contributed by atoms with Crippen LogP contribution in [0.3, 0.4) is 0 Å². The Labute approximate surface area is 75.8 Å². The summed E-state index contributed by atoms with van der Waals surface area (Å²) in [4.78, 5) is 0. The Kier molecular flexibility index (Phi) is 3.58. The van der Waals surface area contributed by atoms with Crippen LogP contribution in [-0.2, 0) is 0 Å². The smallest absolute Gasteiger partial charge is 0.282 e. The molecule has 0 aromatic heterocycles. The summed E-state index contributed by atoms with van der Waals surface area (Å²) < 4.78 is 25.1. The number of alkyl halides is 2. The highest BCUT2D eigenvalue weighted by molar-refractivity contribution is 4.84. The van der Waals surface area contributed by atoms with Gasteiger partial charge < -0.3 is 15.5 Å². The van der Waals surface area contributed by atoms with Gasteiger partial charge in [-0.2, -0.15) is 0 Å². The van der Waals surface area contributed by atoms with E-state index in [-0.39, 0.29) is 6.04 Å². The van der Waals surface area contributed by atoms with Gasteiger partial charge in [0.1, 0.15) is 6.61 Å². The topological polar surface area (TPSA) is 52.5 Å². The average molecular weight is 195 g/mol. The minimum Gasteiger partial charge on any atom is -0.392 e. The Morgan fingerprint density at radius 3 is 2.54 bits per heavy atom. The molecule has 0 spiro atoms. The molecule has 0 bridgehead atoms. The van der Waals surface area contributed by atoms with E-state index in [9.17, 15) is 13.9 Å². The van der Waals surface area contributed by atoms with Crippen LogP contribution in [0.1, 0.15) is 19.3 Å². The van der Waals surface area contributed by atoms with Gasteiger partial charge in [0.2, 0.25) is 0 Å². The molecule has 0 radical (unpaired) electrons. The Balaban J connectivity index is 2.25. The maximum Gasteiger partial charge on any atom is 0.282 e. The van der Waals surface area contributed by atoms with Crippen LogP contribution in [0.4, 0.5) is 8.78 Å². The van der Waals surface area contributed by atoms with Crippen LogP contribution < -0.4 is 5.32 Å². The molecule has 1 aliphatic rings. The third-order valence-corrected chi connectivity index (χ3v) is 2.33. The first kappa shape index (κ1) is 10.8. The van der Waals surface area contributed by atoms with E-state index in [2.05, 4.69) is 5.32 Å². The monoisotopic (exact) mass is 195 g/mol. The van der Waals surface area contributed by atoms with E-state index in [1.807, 2.05) is 0 Å². The quantitative estimate of drug-likeness (QED) is 0.597. The van der Waals surface area contributed by atoms with Crippen molar-refractivity contribution in [3.05, 3.63) is 0 Å². The predicted molar refractivity (Wildman–Crippen MR) is 43.7 cm³/mol. The third kappa shape index (κ3) is 3.17. The molecule has 3 nitrogen and oxygen atoms in total. The van der Waals surface area contributed by atoms with E-state index in [4.69, 9.17) is 5.11 Å². The highest BCUT2D eigenvalue weighted by Crippen LogP contribution is 2.20. The van der Waals surface area contributed by atoms with Gasteiger partial charge in [-0.15, -0.1) is 0 Å². The summed E-state index contributed by atoms with van der Waals surface area (Å²) in [5, 5.41) is 20.1. The first-order valence-electron chi connectivity index (χ1n) is 4.45. The van der Waals surface area contributed by atoms with Gasteiger partial charge in [0.05, 0.1) is 12.6 Å². The lowest BCUT2D eigenvalue weighted by Crippen LogP contribution is -2.44. The minimum atomic E-state index is -3.08. The van der Waals surface area contributed by atoms with Crippen LogP contribution in [0, 0.1) is 0 Å². The van der Waals surface area contributed by atoms with E-state index in [0.717, 1.165) is 12.8 Å². The van der Waals surface area contributed by atoms with Gasteiger partial charge in [0.15, 0.2) is 0 Å². The Bertz CT molecular complexity index is 166. The summed E-state index contributed by atoms with van der Waals surface area (Å²) >= 11 is 0. The number of nitrogens with one attached hydrogen (secondary N) is 1. The lowest BCUT2D eigenvalue weighted by molar-refractivity contribution is -0.0513. The maximum absolute atomic E-state index is 12.5. The number of halogens is 2. The van der Waals surface area contributed by atoms with Crippen molar-refractivity contribution < 1.29 is 19.0 Å². The third-order valence-electron chi connectivity index (χ3n) is 2.33. The van der Waals surface area contributed by atoms with Gasteiger partial charge in [-0.25, -0.2) is 8.78 Å². The van der Waals surface area contributed by atoms with E-state index < -0.39 is 25.2 Å². The van der Waals surface area contributed by atoms with Crippen LogP contribution in [0.5, 0.6) is 0 Å². The first-order chi connectivity index (χ1) is 6.05. The second kappa shape index (κ2) is 4.30. The molecule has 5 heteroatoms. The number of rotatable bonds is 4. The van der Waals surface area contributed by atoms with E-state index in [1.165, 1.54) is 0 Å². The molecule has 13 heavy (non-hydrogen) atoms. The van der Waals surface area contributed by atoms with Crippen molar-refractivity contribution in [2.45, 2.75) is 37.3 Å². The standard InChI is InChI=1S/C8H15F2NO2/c9-8(10,5-12)4-11-6-2-1-3-7(6)13/h6-7,11-13H,1-5H2/t6-,7-/m1/s1. The maximum atomic E-state index is 12.5. The second-order valence-corrected chi connectivity index (χ2v) is 3.50. The number of hydrogen-bond donors (Lipinski definition) is 3. The SMILES string of the molecule is OCC(F)(F)CN[C@@H]1CCC[C@H]1O. The van der Waals surface area contributed by atoms with Crippen LogP contribution in [-0.4, -0.2) is 41.4 Å². The molecule has 1 rings (SSSR count). The fraction of sp³-hybridized carbons (Fsp3) is 1.00. The Morgan fingerprint density at radius 1 is 1.38 bits per heavy atom. The summed E-state index contributed by atoms with van der Waals surface area (Å²) in [5.41, 5.74) is 0. The summed E-state index contributed by atoms with van der Waals surface area (Å²) in [7, 11) is 0. The average Bonchev–Trinajstić information content (AvgIpc) is 2.48. The van der Waals surface area contributed by atoms with Gasteiger partial charge in [-0.05, 0) is 19.3 Å². The fourth-order valence-corrected chi connectivity index (χ4v) is 1.51. The Hall–Kier alpha value is -0.260. The van der Waals surface area contributed by atoms with Crippen molar-refractivity contribution in [1.29, 1.82) is 0 Å². The van der Waals surface area contributed by atoms with Crippen LogP contribution in [0.25, 0.3) is 0 Å². The molecular formula is C8H15F2NO2. The molecular weight excluding hydrogens is 180 g/mol. The molecule has 2 atom stereocenters. The van der Waals surface area contributed by atoms with Gasteiger partial charge in [0.25, 0.3) is 5.92 Å². The highest BCUT2D eigenvalue weighted by atomic mass is 19.3. The van der Waals surface area contributed by atoms with Crippen molar-refractivity contribution in [2.75, 3.05) is 13.2 Å². The summed E-state index contributed by atoms with van der Waals surface area (Å²) in [6, 6.07) is -0.238.